The van der Waals surface area contributed by atoms with Gasteiger partial charge in [-0.25, -0.2) is 4.98 Å². The van der Waals surface area contributed by atoms with Gasteiger partial charge in [-0.3, -0.25) is 0 Å². The number of rotatable bonds is 6. The Morgan fingerprint density at radius 1 is 1.42 bits per heavy atom. The van der Waals surface area contributed by atoms with E-state index >= 15 is 0 Å². The van der Waals surface area contributed by atoms with Crippen LogP contribution in [-0.4, -0.2) is 12.1 Å². The summed E-state index contributed by atoms with van der Waals surface area (Å²) in [5.74, 6) is 1.68. The van der Waals surface area contributed by atoms with Crippen LogP contribution in [0.25, 0.3) is 0 Å². The molecule has 0 aliphatic heterocycles. The maximum absolute atomic E-state index is 5.97. The Morgan fingerprint density at radius 2 is 2.26 bits per heavy atom. The van der Waals surface area contributed by atoms with E-state index in [0.717, 1.165) is 40.6 Å². The van der Waals surface area contributed by atoms with Gasteiger partial charge < -0.3 is 10.5 Å². The number of aromatic nitrogens is 1. The first kappa shape index (κ1) is 14.2. The number of nitrogens with two attached hydrogens (primary N) is 1. The molecule has 0 aliphatic carbocycles. The average molecular weight is 294 g/mol. The van der Waals surface area contributed by atoms with E-state index in [2.05, 4.69) is 17.3 Å². The van der Waals surface area contributed by atoms with Gasteiger partial charge in [-0.2, -0.15) is 0 Å². The van der Waals surface area contributed by atoms with Gasteiger partial charge in [0.05, 0.1) is 17.8 Å². The van der Waals surface area contributed by atoms with E-state index in [-0.39, 0.29) is 0 Å². The average Bonchev–Trinajstić information content (AvgIpc) is 2.86. The van der Waals surface area contributed by atoms with Gasteiger partial charge in [0.15, 0.2) is 0 Å². The molecule has 2 rings (SSSR count). The van der Waals surface area contributed by atoms with Crippen molar-refractivity contribution in [3.05, 3.63) is 34.3 Å². The van der Waals surface area contributed by atoms with Crippen LogP contribution >= 0.6 is 23.1 Å². The third kappa shape index (κ3) is 3.88. The van der Waals surface area contributed by atoms with Crippen LogP contribution < -0.4 is 10.5 Å². The Morgan fingerprint density at radius 3 is 3.00 bits per heavy atom. The fourth-order valence-corrected chi connectivity index (χ4v) is 3.55. The van der Waals surface area contributed by atoms with Crippen molar-refractivity contribution in [1.29, 1.82) is 0 Å². The molecule has 0 unspecified atom stereocenters. The van der Waals surface area contributed by atoms with Gasteiger partial charge in [-0.05, 0) is 31.0 Å². The maximum atomic E-state index is 5.97. The highest BCUT2D eigenvalue weighted by atomic mass is 32.2. The number of thiazole rings is 1. The lowest BCUT2D eigenvalue weighted by Gasteiger charge is -2.06. The second kappa shape index (κ2) is 6.82. The van der Waals surface area contributed by atoms with Gasteiger partial charge in [0.1, 0.15) is 5.75 Å². The Bertz CT molecular complexity index is 540. The molecule has 102 valence electrons. The molecule has 1 aromatic heterocycles. The summed E-state index contributed by atoms with van der Waals surface area (Å²) in [7, 11) is 1.66. The summed E-state index contributed by atoms with van der Waals surface area (Å²) in [6, 6.07) is 5.73. The lowest BCUT2D eigenvalue weighted by atomic mass is 10.3. The summed E-state index contributed by atoms with van der Waals surface area (Å²) >= 11 is 3.44. The molecule has 0 aliphatic rings. The molecule has 2 aromatic rings. The van der Waals surface area contributed by atoms with E-state index in [4.69, 9.17) is 10.5 Å². The number of ether oxygens (including phenoxy) is 1. The largest absolute Gasteiger partial charge is 0.497 e. The molecule has 5 heteroatoms. The number of hydrogen-bond donors (Lipinski definition) is 1. The van der Waals surface area contributed by atoms with E-state index in [9.17, 15) is 0 Å². The Balaban J connectivity index is 2.01. The normalized spacial score (nSPS) is 10.6. The highest BCUT2D eigenvalue weighted by Crippen LogP contribution is 2.31. The van der Waals surface area contributed by atoms with E-state index < -0.39 is 0 Å². The van der Waals surface area contributed by atoms with Gasteiger partial charge in [0, 0.05) is 21.7 Å². The fourth-order valence-electron chi connectivity index (χ4n) is 1.66. The predicted octanol–water partition coefficient (Wildman–Crippen LogP) is 3.98. The third-order valence-corrected chi connectivity index (χ3v) is 4.72. The summed E-state index contributed by atoms with van der Waals surface area (Å²) < 4.78 is 5.22. The lowest BCUT2D eigenvalue weighted by Crippen LogP contribution is -1.91. The smallest absolute Gasteiger partial charge is 0.120 e. The number of benzene rings is 1. The van der Waals surface area contributed by atoms with Crippen molar-refractivity contribution in [3.8, 4) is 5.75 Å². The predicted molar refractivity (Wildman–Crippen MR) is 83.1 cm³/mol. The topological polar surface area (TPSA) is 48.1 Å². The van der Waals surface area contributed by atoms with Crippen molar-refractivity contribution in [1.82, 2.24) is 4.98 Å². The van der Waals surface area contributed by atoms with E-state index in [0.29, 0.717) is 0 Å². The summed E-state index contributed by atoms with van der Waals surface area (Å²) in [6.07, 6.45) is 2.21. The molecular formula is C14H18N2OS2. The number of methoxy groups -OCH3 is 1. The first-order valence-electron chi connectivity index (χ1n) is 6.22. The molecule has 3 nitrogen and oxygen atoms in total. The lowest BCUT2D eigenvalue weighted by molar-refractivity contribution is 0.414. The summed E-state index contributed by atoms with van der Waals surface area (Å²) in [4.78, 5) is 5.66. The molecule has 0 spiro atoms. The zero-order valence-corrected chi connectivity index (χ0v) is 12.8. The van der Waals surface area contributed by atoms with Gasteiger partial charge in [0.25, 0.3) is 0 Å². The zero-order chi connectivity index (χ0) is 13.7. The standard InChI is InChI=1S/C14H18N2OS2/c1-3-4-14-16-10(9-19-14)8-18-13-7-11(17-2)5-6-12(13)15/h5-7,9H,3-4,8,15H2,1-2H3. The molecule has 0 radical (unpaired) electrons. The monoisotopic (exact) mass is 294 g/mol. The number of anilines is 1. The molecular weight excluding hydrogens is 276 g/mol. The van der Waals surface area contributed by atoms with Crippen LogP contribution in [0.4, 0.5) is 5.69 Å². The molecule has 2 N–H and O–H groups in total. The number of nitrogens with zero attached hydrogens (tertiary/aromatic N) is 1. The summed E-state index contributed by atoms with van der Waals surface area (Å²) in [6.45, 7) is 2.17. The Labute approximate surface area is 122 Å². The van der Waals surface area contributed by atoms with Gasteiger partial charge >= 0.3 is 0 Å². The van der Waals surface area contributed by atoms with Gasteiger partial charge in [0.2, 0.25) is 0 Å². The number of hydrogen-bond acceptors (Lipinski definition) is 5. The summed E-state index contributed by atoms with van der Waals surface area (Å²) in [5.41, 5.74) is 7.88. The Kier molecular flexibility index (Phi) is 5.10. The highest BCUT2D eigenvalue weighted by Gasteiger charge is 2.06. The van der Waals surface area contributed by atoms with Crippen LogP contribution in [0.1, 0.15) is 24.0 Å². The molecule has 1 heterocycles. The minimum Gasteiger partial charge on any atom is -0.497 e. The summed E-state index contributed by atoms with van der Waals surface area (Å²) in [5, 5.41) is 3.35. The van der Waals surface area contributed by atoms with Crippen LogP contribution in [0.5, 0.6) is 5.75 Å². The van der Waals surface area contributed by atoms with Crippen molar-refractivity contribution < 1.29 is 4.74 Å². The van der Waals surface area contributed by atoms with Gasteiger partial charge in [-0.1, -0.05) is 6.92 Å². The molecule has 0 saturated heterocycles. The van der Waals surface area contributed by atoms with Crippen LogP contribution in [0, 0.1) is 0 Å². The van der Waals surface area contributed by atoms with E-state index in [1.165, 1.54) is 5.01 Å². The number of nitrogen functional groups attached to an aromatic ring is 1. The molecule has 19 heavy (non-hydrogen) atoms. The minimum atomic E-state index is 0.787. The SMILES string of the molecule is CCCc1nc(CSc2cc(OC)ccc2N)cs1. The van der Waals surface area contributed by atoms with Crippen LogP contribution in [0.3, 0.4) is 0 Å². The van der Waals surface area contributed by atoms with Crippen molar-refractivity contribution in [3.63, 3.8) is 0 Å². The maximum Gasteiger partial charge on any atom is 0.120 e. The molecule has 0 fully saturated rings. The van der Waals surface area contributed by atoms with Crippen molar-refractivity contribution >= 4 is 28.8 Å². The number of thioether (sulfide) groups is 1. The van der Waals surface area contributed by atoms with Crippen LogP contribution in [-0.2, 0) is 12.2 Å². The quantitative estimate of drug-likeness (QED) is 0.646. The zero-order valence-electron chi connectivity index (χ0n) is 11.2. The minimum absolute atomic E-state index is 0.787. The molecule has 0 bridgehead atoms. The molecule has 0 amide bonds. The molecule has 0 atom stereocenters. The first-order chi connectivity index (χ1) is 9.22. The first-order valence-corrected chi connectivity index (χ1v) is 8.09. The van der Waals surface area contributed by atoms with E-state index in [1.54, 1.807) is 30.2 Å². The van der Waals surface area contributed by atoms with Crippen molar-refractivity contribution in [2.45, 2.75) is 30.4 Å². The van der Waals surface area contributed by atoms with Crippen molar-refractivity contribution in [2.24, 2.45) is 0 Å². The molecule has 1 aromatic carbocycles. The second-order valence-corrected chi connectivity index (χ2v) is 6.13. The van der Waals surface area contributed by atoms with Crippen molar-refractivity contribution in [2.75, 3.05) is 12.8 Å². The van der Waals surface area contributed by atoms with Crippen LogP contribution in [0.15, 0.2) is 28.5 Å². The number of aryl methyl sites for hydroxylation is 1. The van der Waals surface area contributed by atoms with Gasteiger partial charge in [-0.15, -0.1) is 23.1 Å². The molecule has 0 saturated carbocycles. The van der Waals surface area contributed by atoms with Crippen LogP contribution in [0.2, 0.25) is 0 Å². The fraction of sp³-hybridized carbons (Fsp3) is 0.357. The Hall–Kier alpha value is -1.20. The highest BCUT2D eigenvalue weighted by molar-refractivity contribution is 7.98. The van der Waals surface area contributed by atoms with E-state index in [1.807, 2.05) is 18.2 Å². The second-order valence-electron chi connectivity index (χ2n) is 4.18. The third-order valence-electron chi connectivity index (χ3n) is 2.66.